The molecule has 7 heteroatoms. The minimum atomic E-state index is -0.997. The van der Waals surface area contributed by atoms with Crippen LogP contribution in [0.25, 0.3) is 0 Å². The lowest BCUT2D eigenvalue weighted by Gasteiger charge is -2.53. The Morgan fingerprint density at radius 1 is 1.06 bits per heavy atom. The number of fused-ring (bicyclic) bond motifs is 4. The van der Waals surface area contributed by atoms with Crippen molar-refractivity contribution >= 4 is 29.2 Å². The molecule has 1 saturated heterocycles. The van der Waals surface area contributed by atoms with Crippen molar-refractivity contribution < 1.29 is 18.7 Å². The zero-order valence-corrected chi connectivity index (χ0v) is 17.3. The van der Waals surface area contributed by atoms with Crippen molar-refractivity contribution in [3.63, 3.8) is 0 Å². The van der Waals surface area contributed by atoms with Gasteiger partial charge in [0.2, 0.25) is 0 Å². The van der Waals surface area contributed by atoms with Gasteiger partial charge in [0.1, 0.15) is 11.6 Å². The van der Waals surface area contributed by atoms with Crippen molar-refractivity contribution in [2.75, 3.05) is 4.90 Å². The molecule has 0 unspecified atom stereocenters. The van der Waals surface area contributed by atoms with Crippen LogP contribution in [0.1, 0.15) is 35.3 Å². The molecule has 0 radical (unpaired) electrons. The summed E-state index contributed by atoms with van der Waals surface area (Å²) in [6.45, 7) is 1.84. The Morgan fingerprint density at radius 3 is 2.45 bits per heavy atom. The van der Waals surface area contributed by atoms with Crippen LogP contribution in [-0.2, 0) is 0 Å². The number of hydrogen-bond donors (Lipinski definition) is 0. The third kappa shape index (κ3) is 3.15. The maximum Gasteiger partial charge on any atom is 0.335 e. The normalized spacial score (nSPS) is 22.0. The summed E-state index contributed by atoms with van der Waals surface area (Å²) in [5, 5.41) is 0.533. The third-order valence-electron chi connectivity index (χ3n) is 5.76. The van der Waals surface area contributed by atoms with E-state index in [2.05, 4.69) is 0 Å². The zero-order valence-electron chi connectivity index (χ0n) is 16.6. The number of rotatable bonds is 2. The van der Waals surface area contributed by atoms with Gasteiger partial charge >= 0.3 is 6.03 Å². The predicted octanol–water partition coefficient (Wildman–Crippen LogP) is 5.80. The van der Waals surface area contributed by atoms with Crippen LogP contribution in [-0.4, -0.2) is 22.6 Å². The molecule has 3 aromatic carbocycles. The van der Waals surface area contributed by atoms with Crippen LogP contribution < -0.4 is 9.64 Å². The van der Waals surface area contributed by atoms with Crippen LogP contribution in [0, 0.1) is 5.82 Å². The number of hydrogen-bond acceptors (Lipinski definition) is 3. The van der Waals surface area contributed by atoms with Gasteiger partial charge in [-0.3, -0.25) is 14.6 Å². The zero-order chi connectivity index (χ0) is 21.8. The average Bonchev–Trinajstić information content (AvgIpc) is 2.75. The van der Waals surface area contributed by atoms with Crippen LogP contribution in [0.2, 0.25) is 5.02 Å². The fourth-order valence-corrected chi connectivity index (χ4v) is 4.47. The highest BCUT2D eigenvalue weighted by Gasteiger charge is 2.55. The summed E-state index contributed by atoms with van der Waals surface area (Å²) in [5.41, 5.74) is 0.563. The molecule has 0 N–H and O–H groups in total. The molecule has 2 aliphatic rings. The fourth-order valence-electron chi connectivity index (χ4n) is 4.34. The second-order valence-electron chi connectivity index (χ2n) is 7.81. The number of imide groups is 1. The molecule has 0 aliphatic carbocycles. The smallest absolute Gasteiger partial charge is 0.335 e. The molecule has 1 fully saturated rings. The van der Waals surface area contributed by atoms with E-state index in [1.165, 1.54) is 34.1 Å². The number of ether oxygens (including phenoxy) is 1. The Labute approximate surface area is 183 Å². The molecule has 2 aliphatic heterocycles. The summed E-state index contributed by atoms with van der Waals surface area (Å²) in [6, 6.07) is 18.4. The molecular formula is C24H18ClFN2O3. The van der Waals surface area contributed by atoms with Gasteiger partial charge in [0, 0.05) is 28.3 Å². The van der Waals surface area contributed by atoms with Gasteiger partial charge in [-0.2, -0.15) is 0 Å². The number of halogens is 2. The summed E-state index contributed by atoms with van der Waals surface area (Å²) >= 11 is 6.04. The first-order chi connectivity index (χ1) is 14.9. The second-order valence-corrected chi connectivity index (χ2v) is 8.25. The van der Waals surface area contributed by atoms with Gasteiger partial charge in [0.15, 0.2) is 5.72 Å². The Balaban J connectivity index is 1.66. The highest BCUT2D eigenvalue weighted by atomic mass is 35.5. The number of anilines is 1. The van der Waals surface area contributed by atoms with E-state index >= 15 is 0 Å². The summed E-state index contributed by atoms with van der Waals surface area (Å²) < 4.78 is 19.7. The van der Waals surface area contributed by atoms with Crippen molar-refractivity contribution in [1.82, 2.24) is 4.90 Å². The maximum atomic E-state index is 13.8. The van der Waals surface area contributed by atoms with Crippen molar-refractivity contribution in [2.24, 2.45) is 0 Å². The average molecular weight is 437 g/mol. The van der Waals surface area contributed by atoms with Crippen LogP contribution in [0.15, 0.2) is 72.8 Å². The first-order valence-electron chi connectivity index (χ1n) is 9.84. The van der Waals surface area contributed by atoms with Crippen molar-refractivity contribution in [1.29, 1.82) is 0 Å². The summed E-state index contributed by atoms with van der Waals surface area (Å²) in [4.78, 5) is 30.0. The Kier molecular flexibility index (Phi) is 4.48. The van der Waals surface area contributed by atoms with E-state index in [0.717, 1.165) is 5.56 Å². The number of carbonyl (C=O) groups excluding carboxylic acids is 2. The number of benzene rings is 3. The van der Waals surface area contributed by atoms with Gasteiger partial charge in [-0.15, -0.1) is 0 Å². The van der Waals surface area contributed by atoms with E-state index in [1.807, 2.05) is 31.2 Å². The number of amides is 3. The molecular weight excluding hydrogens is 419 g/mol. The van der Waals surface area contributed by atoms with Crippen LogP contribution in [0.5, 0.6) is 5.75 Å². The van der Waals surface area contributed by atoms with Crippen LogP contribution in [0.3, 0.4) is 0 Å². The van der Waals surface area contributed by atoms with Crippen LogP contribution in [0.4, 0.5) is 14.9 Å². The number of urea groups is 1. The maximum absolute atomic E-state index is 13.8. The lowest BCUT2D eigenvalue weighted by molar-refractivity contribution is 0.00268. The molecule has 2 atom stereocenters. The van der Waals surface area contributed by atoms with Crippen molar-refractivity contribution in [2.45, 2.75) is 25.1 Å². The Hall–Kier alpha value is -3.38. The molecule has 156 valence electrons. The molecule has 5 nitrogen and oxygen atoms in total. The van der Waals surface area contributed by atoms with E-state index in [1.54, 1.807) is 24.3 Å². The summed E-state index contributed by atoms with van der Waals surface area (Å²) in [5.74, 6) is -0.328. The number of para-hydroxylation sites is 1. The van der Waals surface area contributed by atoms with Gasteiger partial charge in [-0.05, 0) is 61.5 Å². The Morgan fingerprint density at radius 2 is 1.74 bits per heavy atom. The van der Waals surface area contributed by atoms with E-state index in [0.29, 0.717) is 22.9 Å². The fraction of sp³-hybridized carbons (Fsp3) is 0.167. The first kappa shape index (κ1) is 19.6. The van der Waals surface area contributed by atoms with Crippen molar-refractivity contribution in [3.8, 4) is 5.75 Å². The van der Waals surface area contributed by atoms with Gasteiger partial charge < -0.3 is 4.74 Å². The summed E-state index contributed by atoms with van der Waals surface area (Å²) in [7, 11) is 0. The lowest BCUT2D eigenvalue weighted by Crippen LogP contribution is -2.67. The molecule has 31 heavy (non-hydrogen) atoms. The third-order valence-corrected chi connectivity index (χ3v) is 6.01. The van der Waals surface area contributed by atoms with Crippen molar-refractivity contribution in [3.05, 3.63) is 94.8 Å². The quantitative estimate of drug-likeness (QED) is 0.510. The molecule has 0 aromatic heterocycles. The molecule has 0 spiro atoms. The van der Waals surface area contributed by atoms with Gasteiger partial charge in [-0.25, -0.2) is 9.18 Å². The molecule has 3 amide bonds. The molecule has 5 rings (SSSR count). The predicted molar refractivity (Wildman–Crippen MR) is 115 cm³/mol. The largest absolute Gasteiger partial charge is 0.467 e. The standard InChI is InChI=1S/C24H18ClFN2O3/c1-24-14-20(19-4-2-3-5-21(19)31-24)27(22(29)15-6-10-17(26)11-7-15)23(30)28(24)18-12-8-16(25)9-13-18/h2-13,20H,14H2,1H3/t20-,24+/m1/s1. The van der Waals surface area contributed by atoms with E-state index in [-0.39, 0.29) is 5.56 Å². The molecule has 3 aromatic rings. The molecule has 0 saturated carbocycles. The van der Waals surface area contributed by atoms with Gasteiger partial charge in [0.25, 0.3) is 5.91 Å². The molecule has 2 heterocycles. The SMILES string of the molecule is C[C@@]12C[C@H](c3ccccc3O1)N(C(=O)c1ccc(F)cc1)C(=O)N2c1ccc(Cl)cc1. The minimum Gasteiger partial charge on any atom is -0.467 e. The number of nitrogens with zero attached hydrogens (tertiary/aromatic N) is 2. The summed E-state index contributed by atoms with van der Waals surface area (Å²) in [6.07, 6.45) is 0.380. The van der Waals surface area contributed by atoms with Gasteiger partial charge in [-0.1, -0.05) is 29.8 Å². The lowest BCUT2D eigenvalue weighted by atomic mass is 9.88. The second kappa shape index (κ2) is 7.10. The number of carbonyl (C=O) groups is 2. The van der Waals surface area contributed by atoms with E-state index in [9.17, 15) is 14.0 Å². The Bertz CT molecular complexity index is 1180. The van der Waals surface area contributed by atoms with Crippen LogP contribution >= 0.6 is 11.6 Å². The van der Waals surface area contributed by atoms with E-state index in [4.69, 9.17) is 16.3 Å². The van der Waals surface area contributed by atoms with E-state index < -0.39 is 29.5 Å². The van der Waals surface area contributed by atoms with Gasteiger partial charge in [0.05, 0.1) is 6.04 Å². The molecule has 2 bridgehead atoms. The highest BCUT2D eigenvalue weighted by molar-refractivity contribution is 6.30. The highest BCUT2D eigenvalue weighted by Crippen LogP contribution is 2.49. The topological polar surface area (TPSA) is 49.9 Å². The minimum absolute atomic E-state index is 0.235. The first-order valence-corrected chi connectivity index (χ1v) is 10.2. The monoisotopic (exact) mass is 436 g/mol.